The average Bonchev–Trinajstić information content (AvgIpc) is 2.43. The smallest absolute Gasteiger partial charge is 0.126 e. The molecule has 0 spiro atoms. The first-order valence-electron chi connectivity index (χ1n) is 6.28. The summed E-state index contributed by atoms with van der Waals surface area (Å²) in [7, 11) is 3.21. The fraction of sp³-hybridized carbons (Fsp3) is 0.533. The third-order valence-corrected chi connectivity index (χ3v) is 2.84. The largest absolute Gasteiger partial charge is 0.496 e. The van der Waals surface area contributed by atoms with E-state index in [-0.39, 0.29) is 5.41 Å². The summed E-state index contributed by atoms with van der Waals surface area (Å²) < 4.78 is 16.0. The Morgan fingerprint density at radius 2 is 1.58 bits per heavy atom. The Bertz CT molecular complexity index is 427. The first-order valence-corrected chi connectivity index (χ1v) is 6.28. The van der Waals surface area contributed by atoms with Crippen LogP contribution in [0.2, 0.25) is 0 Å². The highest BCUT2D eigenvalue weighted by atomic mass is 16.5. The van der Waals surface area contributed by atoms with Crippen molar-refractivity contribution in [3.8, 4) is 23.3 Å². The second kappa shape index (κ2) is 6.89. The van der Waals surface area contributed by atoms with Crippen LogP contribution in [0.4, 0.5) is 0 Å². The highest BCUT2D eigenvalue weighted by Crippen LogP contribution is 2.28. The highest BCUT2D eigenvalue weighted by molar-refractivity contribution is 5.41. The van der Waals surface area contributed by atoms with Crippen LogP contribution in [-0.2, 0) is 0 Å². The predicted molar refractivity (Wildman–Crippen MR) is 73.7 cm³/mol. The maximum absolute atomic E-state index is 8.92. The molecule has 0 unspecified atom stereocenters. The number of nitriles is 1. The Balaban J connectivity index is 2.52. The van der Waals surface area contributed by atoms with Crippen molar-refractivity contribution >= 4 is 0 Å². The lowest BCUT2D eigenvalue weighted by molar-refractivity contribution is 0.281. The summed E-state index contributed by atoms with van der Waals surface area (Å²) in [5.74, 6) is 2.12. The Labute approximate surface area is 114 Å². The number of hydrogen-bond acceptors (Lipinski definition) is 4. The molecule has 0 aromatic heterocycles. The maximum atomic E-state index is 8.92. The fourth-order valence-corrected chi connectivity index (χ4v) is 1.62. The normalized spacial score (nSPS) is 10.7. The SMILES string of the molecule is COc1cc(OC)cc(OCCCC(C)(C)C#N)c1. The molecule has 0 atom stereocenters. The van der Waals surface area contributed by atoms with Gasteiger partial charge in [0.15, 0.2) is 0 Å². The number of methoxy groups -OCH3 is 2. The second-order valence-electron chi connectivity index (χ2n) is 5.00. The van der Waals surface area contributed by atoms with Gasteiger partial charge in [0.2, 0.25) is 0 Å². The van der Waals surface area contributed by atoms with Gasteiger partial charge in [-0.2, -0.15) is 5.26 Å². The quantitative estimate of drug-likeness (QED) is 0.707. The summed E-state index contributed by atoms with van der Waals surface area (Å²) in [6, 6.07) is 7.71. The molecule has 0 aliphatic heterocycles. The summed E-state index contributed by atoms with van der Waals surface area (Å²) in [6.45, 7) is 4.44. The molecular weight excluding hydrogens is 242 g/mol. The number of nitrogens with zero attached hydrogens (tertiary/aromatic N) is 1. The van der Waals surface area contributed by atoms with Gasteiger partial charge in [0.05, 0.1) is 32.3 Å². The van der Waals surface area contributed by atoms with E-state index in [0.29, 0.717) is 23.9 Å². The van der Waals surface area contributed by atoms with Crippen LogP contribution in [0.5, 0.6) is 17.2 Å². The molecular formula is C15H21NO3. The summed E-state index contributed by atoms with van der Waals surface area (Å²) in [6.07, 6.45) is 1.64. The van der Waals surface area contributed by atoms with Crippen molar-refractivity contribution in [1.29, 1.82) is 5.26 Å². The van der Waals surface area contributed by atoms with Crippen LogP contribution in [0.15, 0.2) is 18.2 Å². The van der Waals surface area contributed by atoms with E-state index in [9.17, 15) is 0 Å². The minimum atomic E-state index is -0.296. The van der Waals surface area contributed by atoms with Crippen molar-refractivity contribution < 1.29 is 14.2 Å². The van der Waals surface area contributed by atoms with Gasteiger partial charge in [0, 0.05) is 18.2 Å². The number of benzene rings is 1. The van der Waals surface area contributed by atoms with Gasteiger partial charge in [-0.15, -0.1) is 0 Å². The minimum Gasteiger partial charge on any atom is -0.496 e. The van der Waals surface area contributed by atoms with Gasteiger partial charge < -0.3 is 14.2 Å². The predicted octanol–water partition coefficient (Wildman–Crippen LogP) is 3.41. The molecule has 0 heterocycles. The average molecular weight is 263 g/mol. The highest BCUT2D eigenvalue weighted by Gasteiger charge is 2.15. The zero-order chi connectivity index (χ0) is 14.3. The summed E-state index contributed by atoms with van der Waals surface area (Å²) in [5, 5.41) is 8.92. The molecule has 1 aromatic rings. The van der Waals surface area contributed by atoms with E-state index in [4.69, 9.17) is 19.5 Å². The van der Waals surface area contributed by atoms with E-state index in [0.717, 1.165) is 12.8 Å². The number of rotatable bonds is 7. The molecule has 0 amide bonds. The second-order valence-corrected chi connectivity index (χ2v) is 5.00. The van der Waals surface area contributed by atoms with Crippen LogP contribution in [-0.4, -0.2) is 20.8 Å². The molecule has 4 heteroatoms. The molecule has 104 valence electrons. The molecule has 0 fully saturated rings. The summed E-state index contributed by atoms with van der Waals surface area (Å²) in [4.78, 5) is 0. The van der Waals surface area contributed by atoms with Crippen molar-refractivity contribution in [2.75, 3.05) is 20.8 Å². The molecule has 19 heavy (non-hydrogen) atoms. The van der Waals surface area contributed by atoms with Crippen LogP contribution in [0.25, 0.3) is 0 Å². The molecule has 0 saturated heterocycles. The Hall–Kier alpha value is -1.89. The molecule has 1 aromatic carbocycles. The van der Waals surface area contributed by atoms with Gasteiger partial charge >= 0.3 is 0 Å². The van der Waals surface area contributed by atoms with E-state index >= 15 is 0 Å². The first kappa shape index (κ1) is 15.2. The Kier molecular flexibility index (Phi) is 5.50. The molecule has 0 aliphatic rings. The Morgan fingerprint density at radius 1 is 1.05 bits per heavy atom. The van der Waals surface area contributed by atoms with Gasteiger partial charge in [-0.3, -0.25) is 0 Å². The van der Waals surface area contributed by atoms with Crippen molar-refractivity contribution in [3.63, 3.8) is 0 Å². The summed E-state index contributed by atoms with van der Waals surface area (Å²) >= 11 is 0. The standard InChI is InChI=1S/C15H21NO3/c1-15(2,11-16)6-5-7-19-14-9-12(17-3)8-13(10-14)18-4/h8-10H,5-7H2,1-4H3. The van der Waals surface area contributed by atoms with Crippen LogP contribution in [0, 0.1) is 16.7 Å². The van der Waals surface area contributed by atoms with Gasteiger partial charge in [-0.25, -0.2) is 0 Å². The third kappa shape index (κ3) is 5.09. The van der Waals surface area contributed by atoms with Crippen LogP contribution < -0.4 is 14.2 Å². The fourth-order valence-electron chi connectivity index (χ4n) is 1.62. The molecule has 4 nitrogen and oxygen atoms in total. The van der Waals surface area contributed by atoms with E-state index in [2.05, 4.69) is 6.07 Å². The molecule has 0 bridgehead atoms. The van der Waals surface area contributed by atoms with Crippen LogP contribution >= 0.6 is 0 Å². The van der Waals surface area contributed by atoms with Gasteiger partial charge in [0.25, 0.3) is 0 Å². The third-order valence-electron chi connectivity index (χ3n) is 2.84. The molecule has 0 saturated carbocycles. The van der Waals surface area contributed by atoms with E-state index in [1.54, 1.807) is 20.3 Å². The first-order chi connectivity index (χ1) is 9.00. The number of ether oxygens (including phenoxy) is 3. The minimum absolute atomic E-state index is 0.296. The van der Waals surface area contributed by atoms with E-state index < -0.39 is 0 Å². The topological polar surface area (TPSA) is 51.5 Å². The number of hydrogen-bond donors (Lipinski definition) is 0. The molecule has 1 rings (SSSR count). The maximum Gasteiger partial charge on any atom is 0.126 e. The lowest BCUT2D eigenvalue weighted by atomic mass is 9.90. The van der Waals surface area contributed by atoms with Gasteiger partial charge in [0.1, 0.15) is 17.2 Å². The molecule has 0 radical (unpaired) electrons. The van der Waals surface area contributed by atoms with Crippen LogP contribution in [0.3, 0.4) is 0 Å². The zero-order valence-electron chi connectivity index (χ0n) is 12.0. The van der Waals surface area contributed by atoms with E-state index in [1.165, 1.54) is 0 Å². The lowest BCUT2D eigenvalue weighted by Gasteiger charge is -2.15. The van der Waals surface area contributed by atoms with Crippen LogP contribution in [0.1, 0.15) is 26.7 Å². The van der Waals surface area contributed by atoms with Crippen molar-refractivity contribution in [1.82, 2.24) is 0 Å². The van der Waals surface area contributed by atoms with Crippen molar-refractivity contribution in [3.05, 3.63) is 18.2 Å². The molecule has 0 aliphatic carbocycles. The van der Waals surface area contributed by atoms with Crippen molar-refractivity contribution in [2.24, 2.45) is 5.41 Å². The molecule has 0 N–H and O–H groups in total. The van der Waals surface area contributed by atoms with Gasteiger partial charge in [-0.1, -0.05) is 0 Å². The van der Waals surface area contributed by atoms with E-state index in [1.807, 2.05) is 26.0 Å². The zero-order valence-corrected chi connectivity index (χ0v) is 12.0. The lowest BCUT2D eigenvalue weighted by Crippen LogP contribution is -2.10. The van der Waals surface area contributed by atoms with Gasteiger partial charge in [-0.05, 0) is 26.7 Å². The monoisotopic (exact) mass is 263 g/mol. The van der Waals surface area contributed by atoms with Crippen molar-refractivity contribution in [2.45, 2.75) is 26.7 Å². The summed E-state index contributed by atoms with van der Waals surface area (Å²) in [5.41, 5.74) is -0.296. The Morgan fingerprint density at radius 3 is 2.05 bits per heavy atom.